The van der Waals surface area contributed by atoms with Gasteiger partial charge in [-0.1, -0.05) is 36.9 Å². The Bertz CT molecular complexity index is 312. The molecule has 0 saturated carbocycles. The molecular weight excluding hydrogens is 172 g/mol. The van der Waals surface area contributed by atoms with Crippen LogP contribution in [-0.4, -0.2) is 24.8 Å². The molecule has 0 saturated heterocycles. The molecular formula is C12H16N2. The van der Waals surface area contributed by atoms with Gasteiger partial charge in [0.1, 0.15) is 0 Å². The molecule has 0 radical (unpaired) electrons. The zero-order valence-corrected chi connectivity index (χ0v) is 8.77. The maximum Gasteiger partial charge on any atom is 0.0643 e. The van der Waals surface area contributed by atoms with Crippen molar-refractivity contribution < 1.29 is 0 Å². The average molecular weight is 188 g/mol. The molecule has 1 rings (SSSR count). The van der Waals surface area contributed by atoms with Gasteiger partial charge in [-0.25, -0.2) is 0 Å². The van der Waals surface area contributed by atoms with Gasteiger partial charge in [0.25, 0.3) is 0 Å². The molecule has 0 atom stereocenters. The van der Waals surface area contributed by atoms with Crippen LogP contribution in [0.5, 0.6) is 0 Å². The molecule has 0 fully saturated rings. The molecule has 0 bridgehead atoms. The van der Waals surface area contributed by atoms with Crippen LogP contribution < -0.4 is 0 Å². The van der Waals surface area contributed by atoms with Crippen molar-refractivity contribution in [2.75, 3.05) is 14.1 Å². The minimum Gasteiger partial charge on any atom is -0.303 e. The number of allylic oxidation sites excluding steroid dienone is 1. The molecule has 14 heavy (non-hydrogen) atoms. The van der Waals surface area contributed by atoms with E-state index in [-0.39, 0.29) is 0 Å². The van der Waals surface area contributed by atoms with E-state index in [1.165, 1.54) is 5.56 Å². The lowest BCUT2D eigenvalue weighted by Gasteiger charge is -2.07. The number of benzene rings is 1. The van der Waals surface area contributed by atoms with E-state index in [4.69, 9.17) is 0 Å². The van der Waals surface area contributed by atoms with Crippen molar-refractivity contribution in [2.24, 2.45) is 5.10 Å². The first-order valence-corrected chi connectivity index (χ1v) is 4.63. The van der Waals surface area contributed by atoms with E-state index in [9.17, 15) is 0 Å². The first-order chi connectivity index (χ1) is 6.72. The molecule has 0 aliphatic heterocycles. The summed E-state index contributed by atoms with van der Waals surface area (Å²) in [6, 6.07) is 10.3. The van der Waals surface area contributed by atoms with Crippen molar-refractivity contribution in [1.82, 2.24) is 5.01 Å². The number of nitrogens with zero attached hydrogens (tertiary/aromatic N) is 2. The van der Waals surface area contributed by atoms with E-state index in [1.807, 2.05) is 32.3 Å². The molecule has 0 amide bonds. The van der Waals surface area contributed by atoms with Crippen LogP contribution in [0.15, 0.2) is 48.1 Å². The molecule has 0 spiro atoms. The molecule has 0 unspecified atom stereocenters. The zero-order chi connectivity index (χ0) is 10.4. The molecule has 0 aromatic heterocycles. The van der Waals surface area contributed by atoms with Crippen LogP contribution in [0.25, 0.3) is 0 Å². The second kappa shape index (κ2) is 5.22. The topological polar surface area (TPSA) is 15.6 Å². The Morgan fingerprint density at radius 1 is 1.36 bits per heavy atom. The predicted octanol–water partition coefficient (Wildman–Crippen LogP) is 2.33. The van der Waals surface area contributed by atoms with Crippen LogP contribution in [0, 0.1) is 0 Å². The second-order valence-electron chi connectivity index (χ2n) is 3.31. The number of hydrogen-bond donors (Lipinski definition) is 0. The number of rotatable bonds is 4. The smallest absolute Gasteiger partial charge is 0.0643 e. The highest BCUT2D eigenvalue weighted by atomic mass is 15.4. The lowest BCUT2D eigenvalue weighted by molar-refractivity contribution is 0.437. The van der Waals surface area contributed by atoms with Crippen molar-refractivity contribution in [1.29, 1.82) is 0 Å². The molecule has 0 aliphatic rings. The predicted molar refractivity (Wildman–Crippen MR) is 61.5 cm³/mol. The highest BCUT2D eigenvalue weighted by Crippen LogP contribution is 2.02. The average Bonchev–Trinajstić information content (AvgIpc) is 2.17. The summed E-state index contributed by atoms with van der Waals surface area (Å²) in [6.45, 7) is 3.75. The van der Waals surface area contributed by atoms with E-state index in [0.717, 1.165) is 12.1 Å². The van der Waals surface area contributed by atoms with Gasteiger partial charge in [-0.15, -0.1) is 0 Å². The maximum absolute atomic E-state index is 4.32. The Balaban J connectivity index is 2.71. The quantitative estimate of drug-likeness (QED) is 0.523. The first kappa shape index (κ1) is 10.5. The summed E-state index contributed by atoms with van der Waals surface area (Å²) in [5.74, 6) is 0. The molecule has 2 nitrogen and oxygen atoms in total. The maximum atomic E-state index is 4.32. The summed E-state index contributed by atoms with van der Waals surface area (Å²) in [5, 5.41) is 6.11. The summed E-state index contributed by atoms with van der Waals surface area (Å²) in [7, 11) is 3.82. The molecule has 0 N–H and O–H groups in total. The van der Waals surface area contributed by atoms with Crippen molar-refractivity contribution >= 4 is 5.71 Å². The van der Waals surface area contributed by atoms with E-state index in [1.54, 1.807) is 11.1 Å². The third-order valence-corrected chi connectivity index (χ3v) is 1.79. The molecule has 74 valence electrons. The monoisotopic (exact) mass is 188 g/mol. The fraction of sp³-hybridized carbons (Fsp3) is 0.250. The van der Waals surface area contributed by atoms with Gasteiger partial charge in [0.15, 0.2) is 0 Å². The standard InChI is InChI=1S/C12H16N2/c1-4-12(13-14(2)3)10-11-8-6-5-7-9-11/h4-9H,1,10H2,2-3H3/b13-12+. The minimum atomic E-state index is 0.836. The fourth-order valence-electron chi connectivity index (χ4n) is 1.21. The molecule has 0 heterocycles. The normalized spacial score (nSPS) is 11.1. The SMILES string of the molecule is C=C/C(Cc1ccccc1)=N\N(C)C. The Morgan fingerprint density at radius 2 is 2.00 bits per heavy atom. The highest BCUT2D eigenvalue weighted by molar-refractivity contribution is 5.95. The van der Waals surface area contributed by atoms with E-state index >= 15 is 0 Å². The van der Waals surface area contributed by atoms with Gasteiger partial charge in [0, 0.05) is 20.5 Å². The van der Waals surface area contributed by atoms with Gasteiger partial charge in [0.2, 0.25) is 0 Å². The summed E-state index contributed by atoms with van der Waals surface area (Å²) in [6.07, 6.45) is 2.63. The van der Waals surface area contributed by atoms with Crippen LogP contribution >= 0.6 is 0 Å². The van der Waals surface area contributed by atoms with Gasteiger partial charge in [-0.3, -0.25) is 0 Å². The van der Waals surface area contributed by atoms with Crippen LogP contribution in [-0.2, 0) is 6.42 Å². The second-order valence-corrected chi connectivity index (χ2v) is 3.31. The third-order valence-electron chi connectivity index (χ3n) is 1.79. The number of hydrogen-bond acceptors (Lipinski definition) is 2. The Labute approximate surface area is 85.6 Å². The van der Waals surface area contributed by atoms with Gasteiger partial charge in [-0.2, -0.15) is 5.10 Å². The van der Waals surface area contributed by atoms with E-state index in [0.29, 0.717) is 0 Å². The summed E-state index contributed by atoms with van der Waals surface area (Å²) < 4.78 is 0. The van der Waals surface area contributed by atoms with Crippen molar-refractivity contribution in [2.45, 2.75) is 6.42 Å². The molecule has 2 heteroatoms. The summed E-state index contributed by atoms with van der Waals surface area (Å²) >= 11 is 0. The highest BCUT2D eigenvalue weighted by Gasteiger charge is 1.97. The minimum absolute atomic E-state index is 0.836. The Hall–Kier alpha value is -1.57. The van der Waals surface area contributed by atoms with Crippen LogP contribution in [0.3, 0.4) is 0 Å². The van der Waals surface area contributed by atoms with Gasteiger partial charge >= 0.3 is 0 Å². The number of hydrazone groups is 1. The van der Waals surface area contributed by atoms with Gasteiger partial charge in [0.05, 0.1) is 5.71 Å². The van der Waals surface area contributed by atoms with Crippen molar-refractivity contribution in [3.63, 3.8) is 0 Å². The lowest BCUT2D eigenvalue weighted by atomic mass is 10.1. The fourth-order valence-corrected chi connectivity index (χ4v) is 1.21. The van der Waals surface area contributed by atoms with Crippen LogP contribution in [0.2, 0.25) is 0 Å². The molecule has 1 aromatic carbocycles. The summed E-state index contributed by atoms with van der Waals surface area (Å²) in [4.78, 5) is 0. The van der Waals surface area contributed by atoms with E-state index in [2.05, 4.69) is 23.8 Å². The van der Waals surface area contributed by atoms with Crippen LogP contribution in [0.4, 0.5) is 0 Å². The lowest BCUT2D eigenvalue weighted by Crippen LogP contribution is -2.09. The Morgan fingerprint density at radius 3 is 2.50 bits per heavy atom. The molecule has 0 aliphatic carbocycles. The Kier molecular flexibility index (Phi) is 3.92. The molecule has 1 aromatic rings. The summed E-state index contributed by atoms with van der Waals surface area (Å²) in [5.41, 5.74) is 2.24. The third kappa shape index (κ3) is 3.44. The van der Waals surface area contributed by atoms with E-state index < -0.39 is 0 Å². The van der Waals surface area contributed by atoms with Crippen molar-refractivity contribution in [3.8, 4) is 0 Å². The van der Waals surface area contributed by atoms with Gasteiger partial charge in [-0.05, 0) is 11.6 Å². The zero-order valence-electron chi connectivity index (χ0n) is 8.77. The van der Waals surface area contributed by atoms with Crippen molar-refractivity contribution in [3.05, 3.63) is 48.6 Å². The largest absolute Gasteiger partial charge is 0.303 e. The first-order valence-electron chi connectivity index (χ1n) is 4.63. The van der Waals surface area contributed by atoms with Crippen LogP contribution in [0.1, 0.15) is 5.56 Å². The van der Waals surface area contributed by atoms with Gasteiger partial charge < -0.3 is 5.01 Å².